The number of carbonyl (C=O) groups excluding carboxylic acids is 4. The molecule has 0 N–H and O–H groups in total. The van der Waals surface area contributed by atoms with Crippen molar-refractivity contribution in [3.8, 4) is 5.75 Å². The van der Waals surface area contributed by atoms with E-state index in [1.165, 1.54) is 48.2 Å². The SMILES string of the molecule is CC(=O)Oc1ccc(N2C(=O)CC(N(CCc3ccccc3)C(=O)c3ccc(Cl)c([N+](=O)[O-])c3)C2=O)cc1. The molecule has 1 saturated heterocycles. The highest BCUT2D eigenvalue weighted by molar-refractivity contribution is 6.32. The Morgan fingerprint density at radius 1 is 1.08 bits per heavy atom. The number of nitro groups is 1. The number of halogens is 1. The number of anilines is 1. The highest BCUT2D eigenvalue weighted by Crippen LogP contribution is 2.30. The summed E-state index contributed by atoms with van der Waals surface area (Å²) in [5, 5.41) is 11.2. The van der Waals surface area contributed by atoms with Gasteiger partial charge in [0.05, 0.1) is 17.0 Å². The van der Waals surface area contributed by atoms with Crippen LogP contribution in [0.3, 0.4) is 0 Å². The molecule has 1 atom stereocenters. The van der Waals surface area contributed by atoms with Crippen LogP contribution in [0, 0.1) is 10.1 Å². The van der Waals surface area contributed by atoms with Gasteiger partial charge in [-0.15, -0.1) is 0 Å². The summed E-state index contributed by atoms with van der Waals surface area (Å²) >= 11 is 5.91. The fourth-order valence-electron chi connectivity index (χ4n) is 4.20. The fourth-order valence-corrected chi connectivity index (χ4v) is 4.39. The van der Waals surface area contributed by atoms with Crippen LogP contribution < -0.4 is 9.64 Å². The van der Waals surface area contributed by atoms with Gasteiger partial charge in [-0.1, -0.05) is 41.9 Å². The molecular weight excluding hydrogens is 514 g/mol. The third-order valence-corrected chi connectivity index (χ3v) is 6.31. The Bertz CT molecular complexity index is 1410. The number of nitro benzene ring substituents is 1. The number of benzene rings is 3. The predicted molar refractivity (Wildman–Crippen MR) is 138 cm³/mol. The molecule has 0 aliphatic carbocycles. The van der Waals surface area contributed by atoms with E-state index < -0.39 is 40.3 Å². The highest BCUT2D eigenvalue weighted by atomic mass is 35.5. The summed E-state index contributed by atoms with van der Waals surface area (Å²) in [7, 11) is 0. The van der Waals surface area contributed by atoms with Gasteiger partial charge in [0.15, 0.2) is 0 Å². The molecule has 0 radical (unpaired) electrons. The first-order chi connectivity index (χ1) is 18.2. The Kier molecular flexibility index (Phi) is 7.82. The number of amides is 3. The van der Waals surface area contributed by atoms with Gasteiger partial charge >= 0.3 is 5.97 Å². The maximum atomic E-state index is 13.6. The molecule has 1 aliphatic rings. The number of imide groups is 1. The normalized spacial score (nSPS) is 14.9. The first-order valence-electron chi connectivity index (χ1n) is 11.6. The molecule has 194 valence electrons. The van der Waals surface area contributed by atoms with Crippen LogP contribution in [0.25, 0.3) is 0 Å². The minimum atomic E-state index is -1.12. The molecule has 1 unspecified atom stereocenters. The van der Waals surface area contributed by atoms with Crippen LogP contribution in [0.5, 0.6) is 5.75 Å². The third-order valence-electron chi connectivity index (χ3n) is 5.99. The van der Waals surface area contributed by atoms with Gasteiger partial charge < -0.3 is 9.64 Å². The molecule has 3 aromatic carbocycles. The van der Waals surface area contributed by atoms with Crippen LogP contribution >= 0.6 is 11.6 Å². The molecule has 1 heterocycles. The lowest BCUT2D eigenvalue weighted by Crippen LogP contribution is -2.46. The van der Waals surface area contributed by atoms with Gasteiger partial charge in [-0.2, -0.15) is 0 Å². The lowest BCUT2D eigenvalue weighted by molar-refractivity contribution is -0.384. The zero-order valence-electron chi connectivity index (χ0n) is 20.2. The van der Waals surface area contributed by atoms with Crippen molar-refractivity contribution >= 4 is 46.7 Å². The van der Waals surface area contributed by atoms with Crippen molar-refractivity contribution in [2.75, 3.05) is 11.4 Å². The molecule has 0 bridgehead atoms. The van der Waals surface area contributed by atoms with Gasteiger partial charge in [0.2, 0.25) is 5.91 Å². The Hall–Kier alpha value is -4.57. The molecule has 3 amide bonds. The van der Waals surface area contributed by atoms with Crippen molar-refractivity contribution in [1.82, 2.24) is 4.90 Å². The zero-order chi connectivity index (χ0) is 27.4. The lowest BCUT2D eigenvalue weighted by Gasteiger charge is -2.28. The summed E-state index contributed by atoms with van der Waals surface area (Å²) in [4.78, 5) is 64.2. The maximum Gasteiger partial charge on any atom is 0.308 e. The van der Waals surface area contributed by atoms with E-state index in [2.05, 4.69) is 0 Å². The first kappa shape index (κ1) is 26.5. The van der Waals surface area contributed by atoms with Crippen molar-refractivity contribution < 1.29 is 28.8 Å². The molecule has 3 aromatic rings. The average molecular weight is 536 g/mol. The standard InChI is InChI=1S/C27H22ClN3O7/c1-17(32)38-21-10-8-20(9-11-21)30-25(33)16-24(27(30)35)29(14-13-18-5-3-2-4-6-18)26(34)19-7-12-22(28)23(15-19)31(36)37/h2-12,15,24H,13-14,16H2,1H3. The Balaban J connectivity index is 1.64. The molecule has 0 saturated carbocycles. The molecule has 1 fully saturated rings. The van der Waals surface area contributed by atoms with E-state index in [0.717, 1.165) is 16.5 Å². The minimum absolute atomic E-state index is 0.0291. The number of hydrogen-bond donors (Lipinski definition) is 0. The number of ether oxygens (including phenoxy) is 1. The fraction of sp³-hybridized carbons (Fsp3) is 0.185. The van der Waals surface area contributed by atoms with Crippen LogP contribution in [0.15, 0.2) is 72.8 Å². The van der Waals surface area contributed by atoms with Gasteiger partial charge in [0.1, 0.15) is 16.8 Å². The smallest absolute Gasteiger partial charge is 0.308 e. The van der Waals surface area contributed by atoms with Gasteiger partial charge in [-0.25, -0.2) is 4.90 Å². The third kappa shape index (κ3) is 5.70. The van der Waals surface area contributed by atoms with E-state index in [4.69, 9.17) is 16.3 Å². The summed E-state index contributed by atoms with van der Waals surface area (Å²) in [5.41, 5.74) is 0.695. The number of carbonyl (C=O) groups is 4. The van der Waals surface area contributed by atoms with Gasteiger partial charge in [0, 0.05) is 25.1 Å². The lowest BCUT2D eigenvalue weighted by atomic mass is 10.1. The quantitative estimate of drug-likeness (QED) is 0.139. The van der Waals surface area contributed by atoms with Crippen molar-refractivity contribution in [2.45, 2.75) is 25.8 Å². The van der Waals surface area contributed by atoms with Crippen LogP contribution in [0.1, 0.15) is 29.3 Å². The van der Waals surface area contributed by atoms with E-state index in [9.17, 15) is 29.3 Å². The topological polar surface area (TPSA) is 127 Å². The summed E-state index contributed by atoms with van der Waals surface area (Å²) in [6, 6.07) is 17.7. The van der Waals surface area contributed by atoms with E-state index in [0.29, 0.717) is 6.42 Å². The summed E-state index contributed by atoms with van der Waals surface area (Å²) in [6.07, 6.45) is 0.123. The summed E-state index contributed by atoms with van der Waals surface area (Å²) in [6.45, 7) is 1.34. The van der Waals surface area contributed by atoms with Crippen molar-refractivity contribution in [2.24, 2.45) is 0 Å². The molecule has 38 heavy (non-hydrogen) atoms. The minimum Gasteiger partial charge on any atom is -0.427 e. The monoisotopic (exact) mass is 535 g/mol. The first-order valence-corrected chi connectivity index (χ1v) is 12.0. The molecule has 1 aliphatic heterocycles. The van der Waals surface area contributed by atoms with E-state index in [-0.39, 0.29) is 35.0 Å². The molecule has 4 rings (SSSR count). The van der Waals surface area contributed by atoms with Gasteiger partial charge in [-0.3, -0.25) is 29.3 Å². The van der Waals surface area contributed by atoms with Crippen LogP contribution in [0.4, 0.5) is 11.4 Å². The predicted octanol–water partition coefficient (Wildman–Crippen LogP) is 4.19. The molecule has 11 heteroatoms. The van der Waals surface area contributed by atoms with Crippen molar-refractivity contribution in [3.63, 3.8) is 0 Å². The second-order valence-electron chi connectivity index (χ2n) is 8.53. The number of rotatable bonds is 8. The van der Waals surface area contributed by atoms with Crippen LogP contribution in [-0.4, -0.2) is 46.1 Å². The molecule has 0 spiro atoms. The molecule has 0 aromatic heterocycles. The van der Waals surface area contributed by atoms with Crippen molar-refractivity contribution in [1.29, 1.82) is 0 Å². The molecule has 10 nitrogen and oxygen atoms in total. The van der Waals surface area contributed by atoms with Crippen LogP contribution in [0.2, 0.25) is 5.02 Å². The maximum absolute atomic E-state index is 13.6. The summed E-state index contributed by atoms with van der Waals surface area (Å²) < 4.78 is 5.00. The second kappa shape index (κ2) is 11.2. The molecular formula is C27H22ClN3O7. The summed E-state index contributed by atoms with van der Waals surface area (Å²) in [5.74, 6) is -2.03. The number of esters is 1. The Morgan fingerprint density at radius 3 is 2.39 bits per heavy atom. The second-order valence-corrected chi connectivity index (χ2v) is 8.94. The highest BCUT2D eigenvalue weighted by Gasteiger charge is 2.44. The van der Waals surface area contributed by atoms with E-state index in [1.807, 2.05) is 30.3 Å². The number of hydrogen-bond acceptors (Lipinski definition) is 7. The Labute approximate surface area is 222 Å². The van der Waals surface area contributed by atoms with Crippen molar-refractivity contribution in [3.05, 3.63) is 99.1 Å². The largest absolute Gasteiger partial charge is 0.427 e. The van der Waals surface area contributed by atoms with Gasteiger partial charge in [-0.05, 0) is 48.4 Å². The Morgan fingerprint density at radius 2 is 1.76 bits per heavy atom. The van der Waals surface area contributed by atoms with E-state index >= 15 is 0 Å². The van der Waals surface area contributed by atoms with E-state index in [1.54, 1.807) is 0 Å². The van der Waals surface area contributed by atoms with Crippen LogP contribution in [-0.2, 0) is 20.8 Å². The zero-order valence-corrected chi connectivity index (χ0v) is 21.0. The average Bonchev–Trinajstić information content (AvgIpc) is 3.18. The number of nitrogens with zero attached hydrogens (tertiary/aromatic N) is 3. The van der Waals surface area contributed by atoms with Gasteiger partial charge in [0.25, 0.3) is 17.5 Å².